The first-order chi connectivity index (χ1) is 9.58. The zero-order valence-corrected chi connectivity index (χ0v) is 12.7. The summed E-state index contributed by atoms with van der Waals surface area (Å²) in [5, 5.41) is 10.1. The van der Waals surface area contributed by atoms with Crippen LogP contribution in [0.25, 0.3) is 11.3 Å². The van der Waals surface area contributed by atoms with Crippen molar-refractivity contribution in [1.82, 2.24) is 4.98 Å². The van der Waals surface area contributed by atoms with E-state index in [0.717, 1.165) is 35.7 Å². The van der Waals surface area contributed by atoms with Crippen molar-refractivity contribution in [2.45, 2.75) is 52.4 Å². The van der Waals surface area contributed by atoms with Crippen molar-refractivity contribution in [3.8, 4) is 17.0 Å². The second-order valence-electron chi connectivity index (χ2n) is 5.40. The van der Waals surface area contributed by atoms with E-state index < -0.39 is 0 Å². The van der Waals surface area contributed by atoms with Crippen molar-refractivity contribution in [2.75, 3.05) is 0 Å². The number of hydrogen-bond acceptors (Lipinski definition) is 3. The number of aromatic hydroxyl groups is 1. The van der Waals surface area contributed by atoms with Crippen LogP contribution in [0.2, 0.25) is 0 Å². The Balaban J connectivity index is 2.56. The van der Waals surface area contributed by atoms with Gasteiger partial charge in [-0.05, 0) is 25.0 Å². The topological polar surface area (TPSA) is 46.3 Å². The van der Waals surface area contributed by atoms with Gasteiger partial charge in [0.1, 0.15) is 17.2 Å². The Morgan fingerprint density at radius 3 is 2.35 bits per heavy atom. The molecule has 0 saturated carbocycles. The summed E-state index contributed by atoms with van der Waals surface area (Å²) in [7, 11) is 0. The van der Waals surface area contributed by atoms with Gasteiger partial charge in [0.15, 0.2) is 5.89 Å². The molecule has 0 spiro atoms. The van der Waals surface area contributed by atoms with E-state index in [0.29, 0.717) is 0 Å². The summed E-state index contributed by atoms with van der Waals surface area (Å²) in [4.78, 5) is 4.65. The monoisotopic (exact) mass is 273 g/mol. The van der Waals surface area contributed by atoms with Crippen LogP contribution < -0.4 is 0 Å². The maximum atomic E-state index is 10.1. The predicted molar refractivity (Wildman–Crippen MR) is 81.0 cm³/mol. The Kier molecular flexibility index (Phi) is 4.48. The maximum absolute atomic E-state index is 10.1. The third-order valence-electron chi connectivity index (χ3n) is 3.92. The van der Waals surface area contributed by atoms with Crippen LogP contribution in [-0.4, -0.2) is 10.1 Å². The summed E-state index contributed by atoms with van der Waals surface area (Å²) >= 11 is 0. The molecule has 0 amide bonds. The van der Waals surface area contributed by atoms with Crippen molar-refractivity contribution in [1.29, 1.82) is 0 Å². The average molecular weight is 273 g/mol. The fraction of sp³-hybridized carbons (Fsp3) is 0.471. The third-order valence-corrected chi connectivity index (χ3v) is 3.92. The largest absolute Gasteiger partial charge is 0.507 e. The van der Waals surface area contributed by atoms with Crippen LogP contribution in [0.3, 0.4) is 0 Å². The molecule has 0 aliphatic rings. The number of oxazole rings is 1. The highest BCUT2D eigenvalue weighted by Gasteiger charge is 2.23. The lowest BCUT2D eigenvalue weighted by atomic mass is 10.0. The van der Waals surface area contributed by atoms with Gasteiger partial charge in [-0.15, -0.1) is 0 Å². The molecule has 0 aliphatic carbocycles. The van der Waals surface area contributed by atoms with Crippen LogP contribution >= 0.6 is 0 Å². The number of phenols is 1. The second kappa shape index (κ2) is 6.12. The Labute approximate surface area is 120 Å². The zero-order valence-electron chi connectivity index (χ0n) is 12.7. The standard InChI is InChI=1S/C17H23NO2/c1-5-11(3)16-15(13-9-7-8-10-14(13)19)18-17(20-16)12(4)6-2/h7-12,19H,5-6H2,1-4H3. The highest BCUT2D eigenvalue weighted by Crippen LogP contribution is 2.37. The van der Waals surface area contributed by atoms with E-state index in [1.54, 1.807) is 6.07 Å². The fourth-order valence-electron chi connectivity index (χ4n) is 2.12. The molecule has 1 N–H and O–H groups in total. The van der Waals surface area contributed by atoms with E-state index in [9.17, 15) is 5.11 Å². The molecule has 20 heavy (non-hydrogen) atoms. The van der Waals surface area contributed by atoms with E-state index in [2.05, 4.69) is 32.7 Å². The van der Waals surface area contributed by atoms with Crippen molar-refractivity contribution < 1.29 is 9.52 Å². The van der Waals surface area contributed by atoms with Crippen molar-refractivity contribution in [3.05, 3.63) is 35.9 Å². The Morgan fingerprint density at radius 1 is 1.10 bits per heavy atom. The van der Waals surface area contributed by atoms with Crippen LogP contribution in [0.1, 0.15) is 64.0 Å². The van der Waals surface area contributed by atoms with Gasteiger partial charge in [-0.2, -0.15) is 0 Å². The lowest BCUT2D eigenvalue weighted by Gasteiger charge is -2.08. The third kappa shape index (κ3) is 2.72. The van der Waals surface area contributed by atoms with E-state index in [1.807, 2.05) is 18.2 Å². The number of aromatic nitrogens is 1. The molecule has 0 fully saturated rings. The molecular formula is C17H23NO2. The van der Waals surface area contributed by atoms with Crippen molar-refractivity contribution in [2.24, 2.45) is 0 Å². The minimum Gasteiger partial charge on any atom is -0.507 e. The van der Waals surface area contributed by atoms with Crippen molar-refractivity contribution >= 4 is 0 Å². The van der Waals surface area contributed by atoms with Gasteiger partial charge in [0.05, 0.1) is 0 Å². The van der Waals surface area contributed by atoms with E-state index in [4.69, 9.17) is 4.42 Å². The number of rotatable bonds is 5. The molecule has 2 rings (SSSR count). The fourth-order valence-corrected chi connectivity index (χ4v) is 2.12. The average Bonchev–Trinajstić information content (AvgIpc) is 2.91. The second-order valence-corrected chi connectivity index (χ2v) is 5.40. The van der Waals surface area contributed by atoms with Crippen LogP contribution in [0, 0.1) is 0 Å². The SMILES string of the molecule is CCC(C)c1nc(-c2ccccc2O)c(C(C)CC)o1. The molecule has 1 heterocycles. The number of phenolic OH excluding ortho intramolecular Hbond substituents is 1. The van der Waals surface area contributed by atoms with Crippen LogP contribution in [0.4, 0.5) is 0 Å². The molecule has 1 aromatic heterocycles. The van der Waals surface area contributed by atoms with Gasteiger partial charge in [-0.1, -0.05) is 39.8 Å². The molecule has 3 nitrogen and oxygen atoms in total. The Morgan fingerprint density at radius 2 is 1.75 bits per heavy atom. The van der Waals surface area contributed by atoms with Crippen LogP contribution in [0.15, 0.2) is 28.7 Å². The molecule has 1 aromatic carbocycles. The normalized spacial score (nSPS) is 14.2. The first-order valence-electron chi connectivity index (χ1n) is 7.37. The summed E-state index contributed by atoms with van der Waals surface area (Å²) in [6.07, 6.45) is 1.97. The van der Waals surface area contributed by atoms with Crippen molar-refractivity contribution in [3.63, 3.8) is 0 Å². The molecule has 0 radical (unpaired) electrons. The van der Waals surface area contributed by atoms with E-state index >= 15 is 0 Å². The lowest BCUT2D eigenvalue weighted by Crippen LogP contribution is -1.92. The summed E-state index contributed by atoms with van der Waals surface area (Å²) in [6, 6.07) is 7.30. The highest BCUT2D eigenvalue weighted by atomic mass is 16.4. The summed E-state index contributed by atoms with van der Waals surface area (Å²) in [5.41, 5.74) is 1.54. The maximum Gasteiger partial charge on any atom is 0.197 e. The van der Waals surface area contributed by atoms with Gasteiger partial charge in [-0.3, -0.25) is 0 Å². The first-order valence-corrected chi connectivity index (χ1v) is 7.37. The number of nitrogens with zero attached hydrogens (tertiary/aromatic N) is 1. The van der Waals surface area contributed by atoms with Gasteiger partial charge in [0, 0.05) is 17.4 Å². The van der Waals surface area contributed by atoms with Crippen LogP contribution in [-0.2, 0) is 0 Å². The van der Waals surface area contributed by atoms with Gasteiger partial charge in [0.25, 0.3) is 0 Å². The molecule has 2 aromatic rings. The molecule has 108 valence electrons. The minimum atomic E-state index is 0.251. The molecule has 0 saturated heterocycles. The van der Waals surface area contributed by atoms with Crippen LogP contribution in [0.5, 0.6) is 5.75 Å². The number of para-hydroxylation sites is 1. The van der Waals surface area contributed by atoms with E-state index in [-0.39, 0.29) is 17.6 Å². The first kappa shape index (κ1) is 14.6. The molecule has 3 heteroatoms. The highest BCUT2D eigenvalue weighted by molar-refractivity contribution is 5.68. The molecular weight excluding hydrogens is 250 g/mol. The lowest BCUT2D eigenvalue weighted by molar-refractivity contribution is 0.402. The molecule has 2 unspecified atom stereocenters. The number of benzene rings is 1. The summed E-state index contributed by atoms with van der Waals surface area (Å²) in [6.45, 7) is 8.49. The van der Waals surface area contributed by atoms with Gasteiger partial charge < -0.3 is 9.52 Å². The summed E-state index contributed by atoms with van der Waals surface area (Å²) < 4.78 is 6.01. The Bertz CT molecular complexity index is 574. The Hall–Kier alpha value is -1.77. The molecule has 0 bridgehead atoms. The van der Waals surface area contributed by atoms with Gasteiger partial charge in [-0.25, -0.2) is 4.98 Å². The minimum absolute atomic E-state index is 0.251. The zero-order chi connectivity index (χ0) is 14.7. The van der Waals surface area contributed by atoms with E-state index in [1.165, 1.54) is 0 Å². The number of hydrogen-bond donors (Lipinski definition) is 1. The molecule has 0 aliphatic heterocycles. The molecule has 2 atom stereocenters. The van der Waals surface area contributed by atoms with Gasteiger partial charge >= 0.3 is 0 Å². The summed E-state index contributed by atoms with van der Waals surface area (Å²) in [5.74, 6) is 2.47. The predicted octanol–water partition coefficient (Wildman–Crippen LogP) is 5.07. The van der Waals surface area contributed by atoms with Gasteiger partial charge in [0.2, 0.25) is 0 Å². The smallest absolute Gasteiger partial charge is 0.197 e. The quantitative estimate of drug-likeness (QED) is 0.826.